The lowest BCUT2D eigenvalue weighted by Gasteiger charge is -2.27. The van der Waals surface area contributed by atoms with Gasteiger partial charge in [-0.05, 0) is 54.7 Å². The third-order valence-electron chi connectivity index (χ3n) is 4.53. The molecule has 0 fully saturated rings. The zero-order valence-corrected chi connectivity index (χ0v) is 17.9. The van der Waals surface area contributed by atoms with Gasteiger partial charge in [-0.2, -0.15) is 0 Å². The van der Waals surface area contributed by atoms with Gasteiger partial charge in [-0.15, -0.1) is 0 Å². The second-order valence-electron chi connectivity index (χ2n) is 8.07. The SMILES string of the molecule is COc1ccc(C(C)(C)NS(=O)(=O)c2ccc(C(C)(C)C)cc2)cc1OC. The number of rotatable bonds is 6. The maximum Gasteiger partial charge on any atom is 0.241 e. The second-order valence-corrected chi connectivity index (χ2v) is 9.76. The molecule has 2 aromatic rings. The summed E-state index contributed by atoms with van der Waals surface area (Å²) in [6.45, 7) is 9.91. The first kappa shape index (κ1) is 21.3. The van der Waals surface area contributed by atoms with Crippen molar-refractivity contribution in [3.8, 4) is 11.5 Å². The van der Waals surface area contributed by atoms with Gasteiger partial charge in [0.05, 0.1) is 24.7 Å². The smallest absolute Gasteiger partial charge is 0.241 e. The molecular formula is C21H29NO4S. The van der Waals surface area contributed by atoms with Crippen LogP contribution in [0.2, 0.25) is 0 Å². The highest BCUT2D eigenvalue weighted by atomic mass is 32.2. The summed E-state index contributed by atoms with van der Waals surface area (Å²) >= 11 is 0. The number of hydrogen-bond donors (Lipinski definition) is 1. The Morgan fingerprint density at radius 2 is 1.30 bits per heavy atom. The minimum atomic E-state index is -3.69. The zero-order valence-electron chi connectivity index (χ0n) is 17.1. The van der Waals surface area contributed by atoms with E-state index in [1.54, 1.807) is 38.5 Å². The number of methoxy groups -OCH3 is 2. The largest absolute Gasteiger partial charge is 0.493 e. The number of sulfonamides is 1. The van der Waals surface area contributed by atoms with Gasteiger partial charge < -0.3 is 9.47 Å². The minimum Gasteiger partial charge on any atom is -0.493 e. The van der Waals surface area contributed by atoms with Crippen molar-refractivity contribution in [2.75, 3.05) is 14.2 Å². The van der Waals surface area contributed by atoms with E-state index in [2.05, 4.69) is 25.5 Å². The van der Waals surface area contributed by atoms with E-state index in [4.69, 9.17) is 9.47 Å². The Morgan fingerprint density at radius 1 is 0.778 bits per heavy atom. The van der Waals surface area contributed by atoms with Gasteiger partial charge in [0.15, 0.2) is 11.5 Å². The molecular weight excluding hydrogens is 362 g/mol. The van der Waals surface area contributed by atoms with E-state index in [0.29, 0.717) is 11.5 Å². The van der Waals surface area contributed by atoms with Gasteiger partial charge in [-0.1, -0.05) is 39.0 Å². The molecule has 0 aliphatic carbocycles. The molecule has 27 heavy (non-hydrogen) atoms. The molecule has 0 heterocycles. The van der Waals surface area contributed by atoms with Gasteiger partial charge >= 0.3 is 0 Å². The molecule has 0 spiro atoms. The molecule has 1 N–H and O–H groups in total. The van der Waals surface area contributed by atoms with Crippen molar-refractivity contribution in [3.63, 3.8) is 0 Å². The van der Waals surface area contributed by atoms with E-state index >= 15 is 0 Å². The first-order valence-corrected chi connectivity index (χ1v) is 10.3. The fourth-order valence-electron chi connectivity index (χ4n) is 2.81. The van der Waals surface area contributed by atoms with Gasteiger partial charge in [0.25, 0.3) is 0 Å². The Hall–Kier alpha value is -2.05. The monoisotopic (exact) mass is 391 g/mol. The van der Waals surface area contributed by atoms with Crippen LogP contribution in [0.5, 0.6) is 11.5 Å². The second kappa shape index (κ2) is 7.52. The molecule has 0 bridgehead atoms. The Kier molecular flexibility index (Phi) is 5.92. The van der Waals surface area contributed by atoms with E-state index in [-0.39, 0.29) is 10.3 Å². The average Bonchev–Trinajstić information content (AvgIpc) is 2.59. The predicted molar refractivity (Wildman–Crippen MR) is 108 cm³/mol. The summed E-state index contributed by atoms with van der Waals surface area (Å²) in [6, 6.07) is 12.4. The maximum absolute atomic E-state index is 12.9. The molecule has 0 radical (unpaired) electrons. The predicted octanol–water partition coefficient (Wildman–Crippen LogP) is 4.21. The fraction of sp³-hybridized carbons (Fsp3) is 0.429. The van der Waals surface area contributed by atoms with Crippen molar-refractivity contribution in [1.29, 1.82) is 0 Å². The summed E-state index contributed by atoms with van der Waals surface area (Å²) in [5.74, 6) is 1.15. The molecule has 0 aliphatic heterocycles. The van der Waals surface area contributed by atoms with Gasteiger partial charge in [0, 0.05) is 0 Å². The summed E-state index contributed by atoms with van der Waals surface area (Å²) in [5, 5.41) is 0. The van der Waals surface area contributed by atoms with Crippen molar-refractivity contribution in [3.05, 3.63) is 53.6 Å². The quantitative estimate of drug-likeness (QED) is 0.801. The van der Waals surface area contributed by atoms with E-state index in [1.165, 1.54) is 0 Å². The summed E-state index contributed by atoms with van der Waals surface area (Å²) in [7, 11) is -0.572. The molecule has 2 aromatic carbocycles. The fourth-order valence-corrected chi connectivity index (χ4v) is 4.21. The topological polar surface area (TPSA) is 64.6 Å². The molecule has 0 saturated heterocycles. The minimum absolute atomic E-state index is 0.0331. The van der Waals surface area contributed by atoms with Gasteiger partial charge in [-0.25, -0.2) is 13.1 Å². The Morgan fingerprint density at radius 3 is 1.78 bits per heavy atom. The molecule has 0 atom stereocenters. The van der Waals surface area contributed by atoms with Crippen LogP contribution >= 0.6 is 0 Å². The lowest BCUT2D eigenvalue weighted by atomic mass is 9.87. The Balaban J connectivity index is 2.33. The molecule has 0 aliphatic rings. The van der Waals surface area contributed by atoms with Crippen LogP contribution < -0.4 is 14.2 Å². The van der Waals surface area contributed by atoms with Crippen LogP contribution in [0.1, 0.15) is 45.7 Å². The Bertz CT molecular complexity index is 895. The first-order valence-electron chi connectivity index (χ1n) is 8.78. The van der Waals surface area contributed by atoms with E-state index in [1.807, 2.05) is 32.0 Å². The van der Waals surface area contributed by atoms with Crippen LogP contribution in [0.25, 0.3) is 0 Å². The summed E-state index contributed by atoms with van der Waals surface area (Å²) in [6.07, 6.45) is 0. The van der Waals surface area contributed by atoms with Crippen molar-refractivity contribution < 1.29 is 17.9 Å². The van der Waals surface area contributed by atoms with Gasteiger partial charge in [-0.3, -0.25) is 0 Å². The lowest BCUT2D eigenvalue weighted by Crippen LogP contribution is -2.40. The number of hydrogen-bond acceptors (Lipinski definition) is 4. The highest BCUT2D eigenvalue weighted by molar-refractivity contribution is 7.89. The average molecular weight is 392 g/mol. The molecule has 0 aromatic heterocycles. The number of benzene rings is 2. The highest BCUT2D eigenvalue weighted by Crippen LogP contribution is 2.33. The summed E-state index contributed by atoms with van der Waals surface area (Å²) in [5.41, 5.74) is 0.992. The summed E-state index contributed by atoms with van der Waals surface area (Å²) in [4.78, 5) is 0.240. The Labute approximate surface area is 162 Å². The molecule has 148 valence electrons. The highest BCUT2D eigenvalue weighted by Gasteiger charge is 2.29. The van der Waals surface area contributed by atoms with Crippen LogP contribution in [0, 0.1) is 0 Å². The van der Waals surface area contributed by atoms with Crippen molar-refractivity contribution in [2.45, 2.75) is 50.5 Å². The van der Waals surface area contributed by atoms with E-state index in [0.717, 1.165) is 11.1 Å². The van der Waals surface area contributed by atoms with Crippen LogP contribution in [-0.2, 0) is 21.0 Å². The van der Waals surface area contributed by atoms with Gasteiger partial charge in [0.2, 0.25) is 10.0 Å². The normalized spacial score (nSPS) is 12.7. The van der Waals surface area contributed by atoms with Crippen molar-refractivity contribution in [2.24, 2.45) is 0 Å². The lowest BCUT2D eigenvalue weighted by molar-refractivity contribution is 0.352. The van der Waals surface area contributed by atoms with Crippen LogP contribution in [-0.4, -0.2) is 22.6 Å². The number of nitrogens with one attached hydrogen (secondary N) is 1. The molecule has 0 saturated carbocycles. The third-order valence-corrected chi connectivity index (χ3v) is 6.20. The van der Waals surface area contributed by atoms with Crippen LogP contribution in [0.15, 0.2) is 47.4 Å². The van der Waals surface area contributed by atoms with E-state index in [9.17, 15) is 8.42 Å². The van der Waals surface area contributed by atoms with Gasteiger partial charge in [0.1, 0.15) is 0 Å². The first-order chi connectivity index (χ1) is 12.4. The molecule has 0 amide bonds. The van der Waals surface area contributed by atoms with E-state index < -0.39 is 15.6 Å². The van der Waals surface area contributed by atoms with Crippen LogP contribution in [0.3, 0.4) is 0 Å². The maximum atomic E-state index is 12.9. The zero-order chi connectivity index (χ0) is 20.5. The van der Waals surface area contributed by atoms with Crippen LogP contribution in [0.4, 0.5) is 0 Å². The molecule has 2 rings (SSSR count). The van der Waals surface area contributed by atoms with Crippen molar-refractivity contribution >= 4 is 10.0 Å². The molecule has 5 nitrogen and oxygen atoms in total. The standard InChI is InChI=1S/C21H29NO4S/c1-20(2,3)15-8-11-17(12-9-15)27(23,24)22-21(4,5)16-10-13-18(25-6)19(14-16)26-7/h8-14,22H,1-7H3. The van der Waals surface area contributed by atoms with Crippen molar-refractivity contribution in [1.82, 2.24) is 4.72 Å². The molecule has 6 heteroatoms. The summed E-state index contributed by atoms with van der Waals surface area (Å²) < 4.78 is 39.2. The molecule has 0 unspecified atom stereocenters. The number of ether oxygens (including phenoxy) is 2. The third kappa shape index (κ3) is 4.82.